The summed E-state index contributed by atoms with van der Waals surface area (Å²) < 4.78 is 18.7. The minimum Gasteiger partial charge on any atom is -0.494 e. The van der Waals surface area contributed by atoms with Crippen LogP contribution in [-0.2, 0) is 9.16 Å². The average Bonchev–Trinajstić information content (AvgIpc) is 2.55. The van der Waals surface area contributed by atoms with Crippen LogP contribution in [-0.4, -0.2) is 50.8 Å². The van der Waals surface area contributed by atoms with Gasteiger partial charge in [-0.25, -0.2) is 4.79 Å². The van der Waals surface area contributed by atoms with Crippen LogP contribution in [0.25, 0.3) is 0 Å². The Kier molecular flexibility index (Phi) is 8.59. The van der Waals surface area contributed by atoms with Gasteiger partial charge in [0.15, 0.2) is 0 Å². The summed E-state index contributed by atoms with van der Waals surface area (Å²) in [6, 6.07) is 7.83. The van der Waals surface area contributed by atoms with Crippen LogP contribution in [0.2, 0.25) is 11.6 Å². The Morgan fingerprint density at radius 3 is 2.29 bits per heavy atom. The second-order valence-electron chi connectivity index (χ2n) is 9.41. The number of ether oxygens (including phenoxy) is 2. The summed E-state index contributed by atoms with van der Waals surface area (Å²) in [5.74, 6) is 0.819. The van der Waals surface area contributed by atoms with Gasteiger partial charge in [0.05, 0.1) is 13.2 Å². The van der Waals surface area contributed by atoms with Crippen molar-refractivity contribution in [2.45, 2.75) is 71.7 Å². The zero-order chi connectivity index (χ0) is 21.8. The molecule has 5 nitrogen and oxygen atoms in total. The molecule has 1 rings (SSSR count). The normalized spacial score (nSPS) is 15.5. The molecule has 1 unspecified atom stereocenters. The maximum atomic E-state index is 12.2. The molecule has 160 valence electrons. The molecule has 0 bridgehead atoms. The highest BCUT2D eigenvalue weighted by molar-refractivity contribution is 9.10. The van der Waals surface area contributed by atoms with Gasteiger partial charge in [0.2, 0.25) is 8.32 Å². The van der Waals surface area contributed by atoms with Crippen molar-refractivity contribution in [1.82, 2.24) is 4.90 Å². The molecule has 0 aliphatic carbocycles. The molecule has 0 saturated carbocycles. The van der Waals surface area contributed by atoms with E-state index in [4.69, 9.17) is 13.9 Å². The van der Waals surface area contributed by atoms with E-state index in [0.717, 1.165) is 10.2 Å². The summed E-state index contributed by atoms with van der Waals surface area (Å²) in [4.78, 5) is 13.9. The first-order chi connectivity index (χ1) is 12.7. The highest BCUT2D eigenvalue weighted by Crippen LogP contribution is 2.38. The lowest BCUT2D eigenvalue weighted by Gasteiger charge is -2.43. The van der Waals surface area contributed by atoms with Gasteiger partial charge in [0, 0.05) is 16.6 Å². The van der Waals surface area contributed by atoms with Crippen LogP contribution in [0, 0.1) is 0 Å². The van der Waals surface area contributed by atoms with Gasteiger partial charge in [-0.15, -0.1) is 0 Å². The number of amides is 1. The summed E-state index contributed by atoms with van der Waals surface area (Å²) in [6.45, 7) is 17.2. The molecule has 0 aliphatic rings. The molecule has 1 aromatic rings. The number of methoxy groups -OCH3 is 1. The van der Waals surface area contributed by atoms with E-state index >= 15 is 0 Å². The van der Waals surface area contributed by atoms with Gasteiger partial charge in [-0.1, -0.05) is 42.8 Å². The first-order valence-corrected chi connectivity index (χ1v) is 13.0. The van der Waals surface area contributed by atoms with E-state index in [1.165, 1.54) is 7.11 Å². The van der Waals surface area contributed by atoms with Gasteiger partial charge in [-0.05, 0) is 57.5 Å². The van der Waals surface area contributed by atoms with Crippen LogP contribution in [0.1, 0.15) is 48.5 Å². The van der Waals surface area contributed by atoms with Crippen molar-refractivity contribution in [3.05, 3.63) is 28.7 Å². The SMILES string of the molecule is COC(=O)N(C[C@@H](C)O[Si](C)(COc1cccc(Br)c1)C(C)(C)C)C(C)(C)C. The van der Waals surface area contributed by atoms with Crippen LogP contribution < -0.4 is 4.74 Å². The van der Waals surface area contributed by atoms with E-state index in [-0.39, 0.29) is 22.8 Å². The van der Waals surface area contributed by atoms with Crippen LogP contribution in [0.3, 0.4) is 0 Å². The third kappa shape index (κ3) is 7.08. The maximum absolute atomic E-state index is 12.2. The van der Waals surface area contributed by atoms with Crippen molar-refractivity contribution in [3.63, 3.8) is 0 Å². The molecule has 0 spiro atoms. The lowest BCUT2D eigenvalue weighted by atomic mass is 10.1. The third-order valence-corrected chi connectivity index (χ3v) is 10.3. The average molecular weight is 475 g/mol. The number of hydrogen-bond donors (Lipinski definition) is 0. The first kappa shape index (κ1) is 25.0. The van der Waals surface area contributed by atoms with Crippen molar-refractivity contribution in [2.24, 2.45) is 0 Å². The number of carbonyl (C=O) groups excluding carboxylic acids is 1. The number of nitrogens with zero attached hydrogens (tertiary/aromatic N) is 1. The van der Waals surface area contributed by atoms with Crippen molar-refractivity contribution in [3.8, 4) is 5.75 Å². The maximum Gasteiger partial charge on any atom is 0.410 e. The Labute approximate surface area is 180 Å². The molecule has 1 aromatic carbocycles. The van der Waals surface area contributed by atoms with Gasteiger partial charge in [-0.2, -0.15) is 0 Å². The fraction of sp³-hybridized carbons (Fsp3) is 0.667. The number of benzene rings is 1. The minimum atomic E-state index is -2.30. The monoisotopic (exact) mass is 473 g/mol. The zero-order valence-corrected chi connectivity index (χ0v) is 21.3. The quantitative estimate of drug-likeness (QED) is 0.454. The van der Waals surface area contributed by atoms with E-state index in [1.807, 2.05) is 52.0 Å². The fourth-order valence-electron chi connectivity index (χ4n) is 2.68. The summed E-state index contributed by atoms with van der Waals surface area (Å²) in [6.07, 6.45) is 0.0539. The highest BCUT2D eigenvalue weighted by atomic mass is 79.9. The summed E-state index contributed by atoms with van der Waals surface area (Å²) >= 11 is 3.48. The Morgan fingerprint density at radius 2 is 1.82 bits per heavy atom. The first-order valence-electron chi connectivity index (χ1n) is 9.61. The van der Waals surface area contributed by atoms with Crippen LogP contribution in [0.5, 0.6) is 5.75 Å². The topological polar surface area (TPSA) is 48.0 Å². The predicted octanol–water partition coefficient (Wildman–Crippen LogP) is 6.01. The molecular weight excluding hydrogens is 438 g/mol. The molecule has 28 heavy (non-hydrogen) atoms. The molecule has 0 saturated heterocycles. The van der Waals surface area contributed by atoms with Crippen LogP contribution >= 0.6 is 15.9 Å². The molecule has 0 fully saturated rings. The van der Waals surface area contributed by atoms with E-state index in [2.05, 4.69) is 43.2 Å². The summed E-state index contributed by atoms with van der Waals surface area (Å²) in [5, 5.41) is -0.0366. The third-order valence-electron chi connectivity index (χ3n) is 5.00. The van der Waals surface area contributed by atoms with E-state index < -0.39 is 8.32 Å². The Hall–Kier alpha value is -1.05. The summed E-state index contributed by atoms with van der Waals surface area (Å²) in [5.41, 5.74) is -0.350. The van der Waals surface area contributed by atoms with Gasteiger partial charge >= 0.3 is 6.09 Å². The van der Waals surface area contributed by atoms with E-state index in [1.54, 1.807) is 4.90 Å². The molecule has 0 radical (unpaired) electrons. The zero-order valence-electron chi connectivity index (χ0n) is 18.8. The Morgan fingerprint density at radius 1 is 1.21 bits per heavy atom. The smallest absolute Gasteiger partial charge is 0.410 e. The molecule has 2 atom stereocenters. The molecule has 0 heterocycles. The van der Waals surface area contributed by atoms with Crippen LogP contribution in [0.4, 0.5) is 4.79 Å². The van der Waals surface area contributed by atoms with Gasteiger partial charge < -0.3 is 18.8 Å². The predicted molar refractivity (Wildman–Crippen MR) is 120 cm³/mol. The van der Waals surface area contributed by atoms with Gasteiger partial charge in [0.25, 0.3) is 0 Å². The van der Waals surface area contributed by atoms with Gasteiger partial charge in [0.1, 0.15) is 12.0 Å². The standard InChI is InChI=1S/C21H36BrNO4Si/c1-16(14-23(19(24)25-8)20(2,3)4)27-28(9,21(5,6)7)15-26-18-12-10-11-17(22)13-18/h10-13,16H,14-15H2,1-9H3/t16-,28?/m1/s1. The Bertz CT molecular complexity index is 657. The molecular formula is C21H36BrNO4Si. The molecule has 1 amide bonds. The lowest BCUT2D eigenvalue weighted by molar-refractivity contribution is 0.0528. The van der Waals surface area contributed by atoms with E-state index in [9.17, 15) is 4.79 Å². The number of rotatable bonds is 7. The van der Waals surface area contributed by atoms with Gasteiger partial charge in [-0.3, -0.25) is 0 Å². The largest absolute Gasteiger partial charge is 0.494 e. The highest BCUT2D eigenvalue weighted by Gasteiger charge is 2.45. The van der Waals surface area contributed by atoms with Crippen molar-refractivity contribution >= 4 is 30.3 Å². The molecule has 7 heteroatoms. The van der Waals surface area contributed by atoms with E-state index in [0.29, 0.717) is 12.8 Å². The summed E-state index contributed by atoms with van der Waals surface area (Å²) in [7, 11) is -0.892. The lowest BCUT2D eigenvalue weighted by Crippen LogP contribution is -2.55. The number of halogens is 1. The minimum absolute atomic E-state index is 0.0366. The van der Waals surface area contributed by atoms with Crippen molar-refractivity contribution in [2.75, 3.05) is 19.9 Å². The fourth-order valence-corrected chi connectivity index (χ4v) is 5.31. The van der Waals surface area contributed by atoms with Crippen molar-refractivity contribution in [1.29, 1.82) is 0 Å². The molecule has 0 aromatic heterocycles. The number of carbonyl (C=O) groups is 1. The second-order valence-corrected chi connectivity index (χ2v) is 14.8. The Balaban J connectivity index is 2.93. The number of hydrogen-bond acceptors (Lipinski definition) is 4. The second kappa shape index (κ2) is 9.63. The molecule has 0 N–H and O–H groups in total. The van der Waals surface area contributed by atoms with Crippen molar-refractivity contribution < 1.29 is 18.7 Å². The van der Waals surface area contributed by atoms with Crippen LogP contribution in [0.15, 0.2) is 28.7 Å². The molecule has 0 aliphatic heterocycles.